The van der Waals surface area contributed by atoms with Crippen LogP contribution in [0.2, 0.25) is 0 Å². The van der Waals surface area contributed by atoms with E-state index in [1.165, 1.54) is 0 Å². The van der Waals surface area contributed by atoms with Crippen molar-refractivity contribution in [1.82, 2.24) is 5.32 Å². The lowest BCUT2D eigenvalue weighted by atomic mass is 9.94. The molecule has 0 rings (SSSR count). The van der Waals surface area contributed by atoms with Gasteiger partial charge in [0.2, 0.25) is 0 Å². The van der Waals surface area contributed by atoms with Crippen LogP contribution in [0.4, 0.5) is 0 Å². The lowest BCUT2D eigenvalue weighted by Crippen LogP contribution is -2.46. The Bertz CT molecular complexity index is 318. The Balaban J connectivity index is 4.76. The van der Waals surface area contributed by atoms with E-state index in [4.69, 9.17) is 9.84 Å². The molecule has 2 N–H and O–H groups in total. The summed E-state index contributed by atoms with van der Waals surface area (Å²) in [5.41, 5.74) is -1.27. The molecular formula is C12H21NO4. The minimum Gasteiger partial charge on any atom is -0.515 e. The van der Waals surface area contributed by atoms with Crippen molar-refractivity contribution in [2.45, 2.75) is 33.2 Å². The standard InChI is InChI=1S/C12H21NO4/c1-8(2)7-17-11(16)9(6-14)10(15)12(3,4)13-5/h6,8,13-14H,7H2,1-5H3. The van der Waals surface area contributed by atoms with Crippen molar-refractivity contribution in [3.05, 3.63) is 11.8 Å². The molecule has 0 amide bonds. The predicted octanol–water partition coefficient (Wildman–Crippen LogP) is 1.19. The summed E-state index contributed by atoms with van der Waals surface area (Å²) in [7, 11) is 1.60. The van der Waals surface area contributed by atoms with Gasteiger partial charge < -0.3 is 15.2 Å². The highest BCUT2D eigenvalue weighted by molar-refractivity contribution is 6.20. The summed E-state index contributed by atoms with van der Waals surface area (Å²) < 4.78 is 4.90. The second-order valence-electron chi connectivity index (χ2n) is 4.74. The van der Waals surface area contributed by atoms with Crippen LogP contribution in [0.1, 0.15) is 27.7 Å². The van der Waals surface area contributed by atoms with Crippen molar-refractivity contribution >= 4 is 11.8 Å². The van der Waals surface area contributed by atoms with Gasteiger partial charge >= 0.3 is 5.97 Å². The number of esters is 1. The number of likely N-dealkylation sites (N-methyl/N-ethyl adjacent to an activating group) is 1. The van der Waals surface area contributed by atoms with Crippen LogP contribution in [-0.2, 0) is 14.3 Å². The topological polar surface area (TPSA) is 75.6 Å². The molecular weight excluding hydrogens is 222 g/mol. The minimum absolute atomic E-state index is 0.173. The lowest BCUT2D eigenvalue weighted by molar-refractivity contribution is -0.142. The molecule has 0 radical (unpaired) electrons. The third-order valence-electron chi connectivity index (χ3n) is 2.33. The molecule has 98 valence electrons. The number of ketones is 1. The molecule has 0 saturated heterocycles. The third-order valence-corrected chi connectivity index (χ3v) is 2.33. The zero-order valence-corrected chi connectivity index (χ0v) is 11.0. The number of ether oxygens (including phenoxy) is 1. The van der Waals surface area contributed by atoms with Gasteiger partial charge in [0.05, 0.1) is 18.4 Å². The maximum absolute atomic E-state index is 11.9. The molecule has 5 nitrogen and oxygen atoms in total. The molecule has 0 aromatic carbocycles. The fraction of sp³-hybridized carbons (Fsp3) is 0.667. The van der Waals surface area contributed by atoms with Crippen LogP contribution in [0, 0.1) is 5.92 Å². The van der Waals surface area contributed by atoms with Crippen LogP contribution in [0.15, 0.2) is 11.8 Å². The molecule has 0 bridgehead atoms. The predicted molar refractivity (Wildman–Crippen MR) is 64.7 cm³/mol. The summed E-state index contributed by atoms with van der Waals surface area (Å²) in [4.78, 5) is 23.5. The van der Waals surface area contributed by atoms with Crippen molar-refractivity contribution < 1.29 is 19.4 Å². The number of aliphatic hydroxyl groups excluding tert-OH is 1. The summed E-state index contributed by atoms with van der Waals surface area (Å²) in [5, 5.41) is 11.7. The SMILES string of the molecule is CNC(C)(C)C(=O)C(=CO)C(=O)OCC(C)C. The summed E-state index contributed by atoms with van der Waals surface area (Å²) in [6.07, 6.45) is 0.504. The molecule has 0 aromatic rings. The first kappa shape index (κ1) is 15.6. The van der Waals surface area contributed by atoms with Crippen molar-refractivity contribution in [2.75, 3.05) is 13.7 Å². The molecule has 0 aliphatic rings. The van der Waals surface area contributed by atoms with E-state index in [0.29, 0.717) is 6.26 Å². The first-order valence-corrected chi connectivity index (χ1v) is 5.51. The number of Topliss-reactive ketones (excluding diaryl/α,β-unsaturated/α-hetero) is 1. The van der Waals surface area contributed by atoms with Gasteiger partial charge in [0.25, 0.3) is 0 Å². The van der Waals surface area contributed by atoms with Gasteiger partial charge in [-0.15, -0.1) is 0 Å². The maximum atomic E-state index is 11.9. The van der Waals surface area contributed by atoms with Crippen LogP contribution in [0.5, 0.6) is 0 Å². The Morgan fingerprint density at radius 2 is 1.94 bits per heavy atom. The Morgan fingerprint density at radius 1 is 1.41 bits per heavy atom. The zero-order valence-electron chi connectivity index (χ0n) is 11.0. The van der Waals surface area contributed by atoms with Crippen molar-refractivity contribution in [3.8, 4) is 0 Å². The molecule has 0 unspecified atom stereocenters. The maximum Gasteiger partial charge on any atom is 0.345 e. The van der Waals surface area contributed by atoms with E-state index in [0.717, 1.165) is 0 Å². The van der Waals surface area contributed by atoms with Crippen molar-refractivity contribution in [2.24, 2.45) is 5.92 Å². The lowest BCUT2D eigenvalue weighted by Gasteiger charge is -2.22. The number of nitrogens with one attached hydrogen (secondary N) is 1. The first-order valence-electron chi connectivity index (χ1n) is 5.51. The smallest absolute Gasteiger partial charge is 0.345 e. The van der Waals surface area contributed by atoms with Gasteiger partial charge in [0, 0.05) is 0 Å². The third kappa shape index (κ3) is 4.56. The molecule has 0 spiro atoms. The molecule has 5 heteroatoms. The first-order chi connectivity index (χ1) is 7.76. The fourth-order valence-corrected chi connectivity index (χ4v) is 0.974. The molecule has 0 fully saturated rings. The summed E-state index contributed by atoms with van der Waals surface area (Å²) >= 11 is 0. The Hall–Kier alpha value is -1.36. The number of hydrogen-bond acceptors (Lipinski definition) is 5. The van der Waals surface area contributed by atoms with Crippen LogP contribution < -0.4 is 5.32 Å². The average molecular weight is 243 g/mol. The molecule has 0 saturated carbocycles. The van der Waals surface area contributed by atoms with Crippen LogP contribution in [0.3, 0.4) is 0 Å². The molecule has 0 aliphatic carbocycles. The van der Waals surface area contributed by atoms with E-state index in [1.807, 2.05) is 13.8 Å². The molecule has 0 heterocycles. The van der Waals surface area contributed by atoms with E-state index < -0.39 is 17.3 Å². The van der Waals surface area contributed by atoms with E-state index in [1.54, 1.807) is 20.9 Å². The van der Waals surface area contributed by atoms with E-state index >= 15 is 0 Å². The van der Waals surface area contributed by atoms with E-state index in [9.17, 15) is 9.59 Å². The number of hydrogen-bond donors (Lipinski definition) is 2. The van der Waals surface area contributed by atoms with Gasteiger partial charge in [0.15, 0.2) is 5.78 Å². The Labute approximate surface area is 102 Å². The van der Waals surface area contributed by atoms with Gasteiger partial charge in [-0.3, -0.25) is 4.79 Å². The highest BCUT2D eigenvalue weighted by atomic mass is 16.5. The van der Waals surface area contributed by atoms with Crippen LogP contribution in [-0.4, -0.2) is 36.1 Å². The summed E-state index contributed by atoms with van der Waals surface area (Å²) in [6.45, 7) is 7.22. The average Bonchev–Trinajstić information content (AvgIpc) is 2.27. The summed E-state index contributed by atoms with van der Waals surface area (Å²) in [5.74, 6) is -1.13. The van der Waals surface area contributed by atoms with Gasteiger partial charge in [-0.25, -0.2) is 4.79 Å². The normalized spacial score (nSPS) is 12.7. The van der Waals surface area contributed by atoms with Crippen molar-refractivity contribution in [1.29, 1.82) is 0 Å². The quantitative estimate of drug-likeness (QED) is 0.241. The summed E-state index contributed by atoms with van der Waals surface area (Å²) in [6, 6.07) is 0. The number of carbonyl (C=O) groups is 2. The van der Waals surface area contributed by atoms with E-state index in [2.05, 4.69) is 5.32 Å². The monoisotopic (exact) mass is 243 g/mol. The Kier molecular flexibility index (Phi) is 5.88. The van der Waals surface area contributed by atoms with Crippen molar-refractivity contribution in [3.63, 3.8) is 0 Å². The van der Waals surface area contributed by atoms with Gasteiger partial charge in [-0.2, -0.15) is 0 Å². The molecule has 0 aromatic heterocycles. The zero-order chi connectivity index (χ0) is 13.6. The molecule has 17 heavy (non-hydrogen) atoms. The van der Waals surface area contributed by atoms with Gasteiger partial charge in [0.1, 0.15) is 5.57 Å². The fourth-order valence-electron chi connectivity index (χ4n) is 0.974. The number of aliphatic hydroxyl groups is 1. The van der Waals surface area contributed by atoms with Crippen LogP contribution in [0.25, 0.3) is 0 Å². The second-order valence-corrected chi connectivity index (χ2v) is 4.74. The highest BCUT2D eigenvalue weighted by Crippen LogP contribution is 2.12. The largest absolute Gasteiger partial charge is 0.515 e. The molecule has 0 aliphatic heterocycles. The van der Waals surface area contributed by atoms with Gasteiger partial charge in [-0.1, -0.05) is 13.8 Å². The van der Waals surface area contributed by atoms with Crippen LogP contribution >= 0.6 is 0 Å². The van der Waals surface area contributed by atoms with Gasteiger partial charge in [-0.05, 0) is 26.8 Å². The minimum atomic E-state index is -0.925. The number of rotatable bonds is 6. The second kappa shape index (κ2) is 6.39. The highest BCUT2D eigenvalue weighted by Gasteiger charge is 2.33. The molecule has 0 atom stereocenters. The van der Waals surface area contributed by atoms with E-state index in [-0.39, 0.29) is 18.1 Å². The Morgan fingerprint density at radius 3 is 2.29 bits per heavy atom. The number of carbonyl (C=O) groups excluding carboxylic acids is 2.